The molecular weight excluding hydrogens is 257 g/mol. The molecule has 0 aliphatic carbocycles. The van der Waals surface area contributed by atoms with Crippen molar-refractivity contribution in [2.45, 2.75) is 0 Å². The van der Waals surface area contributed by atoms with E-state index in [-0.39, 0.29) is 17.2 Å². The Bertz CT molecular complexity index is 679. The number of nitrogens with two attached hydrogens (primary N) is 1. The van der Waals surface area contributed by atoms with E-state index in [1.807, 2.05) is 0 Å². The molecule has 0 atom stereocenters. The van der Waals surface area contributed by atoms with Gasteiger partial charge in [0.05, 0.1) is 11.4 Å². The normalized spacial score (nSPS) is 10.0. The average Bonchev–Trinajstić information content (AvgIpc) is 2.37. The summed E-state index contributed by atoms with van der Waals surface area (Å²) >= 11 is 0. The number of nitriles is 1. The summed E-state index contributed by atoms with van der Waals surface area (Å²) in [5, 5.41) is 11.1. The molecule has 96 valence electrons. The SMILES string of the molecule is N#Cc1nc(Nc2cc(F)cc(F)c2F)ccc1N. The Morgan fingerprint density at radius 3 is 2.63 bits per heavy atom. The summed E-state index contributed by atoms with van der Waals surface area (Å²) in [5.74, 6) is -3.44. The first kappa shape index (κ1) is 12.7. The number of nitrogens with one attached hydrogen (secondary N) is 1. The van der Waals surface area contributed by atoms with E-state index >= 15 is 0 Å². The third-order valence-corrected chi connectivity index (χ3v) is 2.29. The molecule has 0 amide bonds. The lowest BCUT2D eigenvalue weighted by atomic mass is 10.2. The molecule has 0 spiro atoms. The zero-order valence-electron chi connectivity index (χ0n) is 9.42. The maximum absolute atomic E-state index is 13.4. The number of nitrogens with zero attached hydrogens (tertiary/aromatic N) is 2. The summed E-state index contributed by atoms with van der Waals surface area (Å²) in [6.07, 6.45) is 0. The second kappa shape index (κ2) is 4.86. The summed E-state index contributed by atoms with van der Waals surface area (Å²) in [6.45, 7) is 0. The van der Waals surface area contributed by atoms with Crippen molar-refractivity contribution >= 4 is 17.2 Å². The fourth-order valence-corrected chi connectivity index (χ4v) is 1.41. The standard InChI is InChI=1S/C12H7F3N4/c13-6-3-7(14)12(15)9(4-6)18-11-2-1-8(17)10(5-16)19-11/h1-4H,17H2,(H,18,19). The van der Waals surface area contributed by atoms with Gasteiger partial charge in [0, 0.05) is 12.1 Å². The van der Waals surface area contributed by atoms with Crippen LogP contribution in [0.4, 0.5) is 30.4 Å². The van der Waals surface area contributed by atoms with Crippen molar-refractivity contribution in [3.8, 4) is 6.07 Å². The third kappa shape index (κ3) is 2.57. The van der Waals surface area contributed by atoms with Gasteiger partial charge in [0.2, 0.25) is 0 Å². The Balaban J connectivity index is 2.39. The van der Waals surface area contributed by atoms with Gasteiger partial charge in [-0.15, -0.1) is 0 Å². The van der Waals surface area contributed by atoms with Crippen molar-refractivity contribution < 1.29 is 13.2 Å². The topological polar surface area (TPSA) is 74.7 Å². The van der Waals surface area contributed by atoms with Gasteiger partial charge >= 0.3 is 0 Å². The third-order valence-electron chi connectivity index (χ3n) is 2.29. The molecule has 2 aromatic rings. The van der Waals surface area contributed by atoms with E-state index in [4.69, 9.17) is 11.0 Å². The first-order valence-electron chi connectivity index (χ1n) is 5.09. The van der Waals surface area contributed by atoms with Crippen LogP contribution in [0.2, 0.25) is 0 Å². The number of nitrogen functional groups attached to an aromatic ring is 1. The molecule has 0 aliphatic rings. The average molecular weight is 264 g/mol. The Morgan fingerprint density at radius 1 is 1.21 bits per heavy atom. The Labute approximate surface area is 106 Å². The monoisotopic (exact) mass is 264 g/mol. The quantitative estimate of drug-likeness (QED) is 0.818. The van der Waals surface area contributed by atoms with Gasteiger partial charge in [-0.3, -0.25) is 0 Å². The fraction of sp³-hybridized carbons (Fsp3) is 0. The highest BCUT2D eigenvalue weighted by atomic mass is 19.2. The van der Waals surface area contributed by atoms with Crippen LogP contribution < -0.4 is 11.1 Å². The summed E-state index contributed by atoms with van der Waals surface area (Å²) in [5.41, 5.74) is 5.13. The van der Waals surface area contributed by atoms with Crippen LogP contribution >= 0.6 is 0 Å². The van der Waals surface area contributed by atoms with Gasteiger partial charge in [0.1, 0.15) is 17.7 Å². The molecule has 0 fully saturated rings. The molecule has 0 radical (unpaired) electrons. The van der Waals surface area contributed by atoms with Gasteiger partial charge in [-0.25, -0.2) is 18.2 Å². The van der Waals surface area contributed by atoms with E-state index in [2.05, 4.69) is 10.3 Å². The van der Waals surface area contributed by atoms with Gasteiger partial charge in [0.15, 0.2) is 17.3 Å². The van der Waals surface area contributed by atoms with Crippen molar-refractivity contribution in [3.05, 3.63) is 47.4 Å². The van der Waals surface area contributed by atoms with Gasteiger partial charge in [-0.1, -0.05) is 0 Å². The lowest BCUT2D eigenvalue weighted by Gasteiger charge is -2.08. The molecule has 3 N–H and O–H groups in total. The van der Waals surface area contributed by atoms with Crippen molar-refractivity contribution in [1.29, 1.82) is 5.26 Å². The zero-order valence-corrected chi connectivity index (χ0v) is 9.42. The van der Waals surface area contributed by atoms with Crippen LogP contribution in [0.5, 0.6) is 0 Å². The van der Waals surface area contributed by atoms with Crippen LogP contribution in [-0.2, 0) is 0 Å². The maximum atomic E-state index is 13.4. The van der Waals surface area contributed by atoms with Gasteiger partial charge < -0.3 is 11.1 Å². The summed E-state index contributed by atoms with van der Waals surface area (Å²) < 4.78 is 39.4. The Kier molecular flexibility index (Phi) is 3.25. The first-order valence-corrected chi connectivity index (χ1v) is 5.09. The minimum atomic E-state index is -1.32. The molecule has 19 heavy (non-hydrogen) atoms. The minimum Gasteiger partial charge on any atom is -0.396 e. The van der Waals surface area contributed by atoms with Crippen molar-refractivity contribution in [2.24, 2.45) is 0 Å². The van der Waals surface area contributed by atoms with Gasteiger partial charge in [-0.2, -0.15) is 5.26 Å². The molecule has 2 rings (SSSR count). The summed E-state index contributed by atoms with van der Waals surface area (Å²) in [6, 6.07) is 5.69. The first-order chi connectivity index (χ1) is 9.01. The second-order valence-electron chi connectivity index (χ2n) is 3.62. The molecular formula is C12H7F3N4. The lowest BCUT2D eigenvalue weighted by molar-refractivity contribution is 0.498. The highest BCUT2D eigenvalue weighted by molar-refractivity contribution is 5.61. The van der Waals surface area contributed by atoms with E-state index in [1.165, 1.54) is 12.1 Å². The van der Waals surface area contributed by atoms with Crippen LogP contribution in [0.25, 0.3) is 0 Å². The molecule has 1 heterocycles. The number of benzene rings is 1. The fourth-order valence-electron chi connectivity index (χ4n) is 1.41. The largest absolute Gasteiger partial charge is 0.396 e. The molecule has 0 aliphatic heterocycles. The van der Waals surface area contributed by atoms with E-state index < -0.39 is 23.1 Å². The minimum absolute atomic E-state index is 0.0506. The van der Waals surface area contributed by atoms with E-state index in [1.54, 1.807) is 6.07 Å². The summed E-state index contributed by atoms with van der Waals surface area (Å²) in [4.78, 5) is 3.78. The molecule has 1 aromatic carbocycles. The van der Waals surface area contributed by atoms with Crippen LogP contribution in [0.1, 0.15) is 5.69 Å². The van der Waals surface area contributed by atoms with E-state index in [0.29, 0.717) is 6.07 Å². The zero-order chi connectivity index (χ0) is 14.0. The molecule has 1 aromatic heterocycles. The van der Waals surface area contributed by atoms with Crippen LogP contribution in [0.3, 0.4) is 0 Å². The van der Waals surface area contributed by atoms with Crippen LogP contribution in [0, 0.1) is 28.8 Å². The molecule has 0 bridgehead atoms. The lowest BCUT2D eigenvalue weighted by Crippen LogP contribution is -2.02. The molecule has 4 nitrogen and oxygen atoms in total. The Morgan fingerprint density at radius 2 is 1.95 bits per heavy atom. The number of rotatable bonds is 2. The number of pyridine rings is 1. The highest BCUT2D eigenvalue weighted by Crippen LogP contribution is 2.23. The van der Waals surface area contributed by atoms with Crippen LogP contribution in [0.15, 0.2) is 24.3 Å². The van der Waals surface area contributed by atoms with Crippen LogP contribution in [-0.4, -0.2) is 4.98 Å². The highest BCUT2D eigenvalue weighted by Gasteiger charge is 2.12. The van der Waals surface area contributed by atoms with Gasteiger partial charge in [0.25, 0.3) is 0 Å². The molecule has 0 unspecified atom stereocenters. The van der Waals surface area contributed by atoms with Crippen molar-refractivity contribution in [1.82, 2.24) is 4.98 Å². The molecule has 0 saturated heterocycles. The van der Waals surface area contributed by atoms with Crippen molar-refractivity contribution in [2.75, 3.05) is 11.1 Å². The molecule has 0 saturated carbocycles. The number of aromatic nitrogens is 1. The van der Waals surface area contributed by atoms with Crippen molar-refractivity contribution in [3.63, 3.8) is 0 Å². The van der Waals surface area contributed by atoms with E-state index in [0.717, 1.165) is 6.07 Å². The van der Waals surface area contributed by atoms with Gasteiger partial charge in [-0.05, 0) is 12.1 Å². The summed E-state index contributed by atoms with van der Waals surface area (Å²) in [7, 11) is 0. The predicted molar refractivity (Wildman–Crippen MR) is 63.0 cm³/mol. The number of anilines is 3. The number of halogens is 3. The van der Waals surface area contributed by atoms with E-state index in [9.17, 15) is 13.2 Å². The molecule has 7 heteroatoms. The number of hydrogen-bond donors (Lipinski definition) is 2. The Hall–Kier alpha value is -2.75. The smallest absolute Gasteiger partial charge is 0.182 e. The maximum Gasteiger partial charge on any atom is 0.182 e. The number of hydrogen-bond acceptors (Lipinski definition) is 4. The second-order valence-corrected chi connectivity index (χ2v) is 3.62. The predicted octanol–water partition coefficient (Wildman–Crippen LogP) is 2.70.